The monoisotopic (exact) mass is 353 g/mol. The lowest BCUT2D eigenvalue weighted by atomic mass is 10.00. The summed E-state index contributed by atoms with van der Waals surface area (Å²) in [5.74, 6) is -0.179. The average Bonchev–Trinajstić information content (AvgIpc) is 2.61. The SMILES string of the molecule is CC.CCNc1c(C(C)=O)cc(C)cc1C(=O)NCCN(CC)CC.[HH].[HH]. The molecule has 1 aromatic rings. The molecule has 146 valence electrons. The summed E-state index contributed by atoms with van der Waals surface area (Å²) in [7, 11) is 0. The molecule has 5 nitrogen and oxygen atoms in total. The number of hydrogen-bond acceptors (Lipinski definition) is 4. The molecule has 0 bridgehead atoms. The summed E-state index contributed by atoms with van der Waals surface area (Å²) in [6.07, 6.45) is 0. The van der Waals surface area contributed by atoms with Gasteiger partial charge in [0, 0.05) is 28.1 Å². The topological polar surface area (TPSA) is 61.4 Å². The second kappa shape index (κ2) is 12.5. The second-order valence-electron chi connectivity index (χ2n) is 5.60. The lowest BCUT2D eigenvalue weighted by Crippen LogP contribution is -2.35. The summed E-state index contributed by atoms with van der Waals surface area (Å²) in [6, 6.07) is 3.66. The molecule has 0 aliphatic heterocycles. The van der Waals surface area contributed by atoms with E-state index in [4.69, 9.17) is 0 Å². The van der Waals surface area contributed by atoms with Crippen molar-refractivity contribution < 1.29 is 12.4 Å². The zero-order valence-corrected chi connectivity index (χ0v) is 17.0. The van der Waals surface area contributed by atoms with Gasteiger partial charge >= 0.3 is 0 Å². The van der Waals surface area contributed by atoms with E-state index in [1.807, 2.05) is 39.8 Å². The smallest absolute Gasteiger partial charge is 0.253 e. The molecule has 1 aromatic carbocycles. The molecule has 1 rings (SSSR count). The van der Waals surface area contributed by atoms with E-state index in [0.29, 0.717) is 29.9 Å². The fourth-order valence-corrected chi connectivity index (χ4v) is 2.57. The maximum absolute atomic E-state index is 12.5. The van der Waals surface area contributed by atoms with Crippen molar-refractivity contribution in [1.29, 1.82) is 0 Å². The van der Waals surface area contributed by atoms with Gasteiger partial charge in [-0.25, -0.2) is 0 Å². The quantitative estimate of drug-likeness (QED) is 0.653. The highest BCUT2D eigenvalue weighted by Crippen LogP contribution is 2.24. The number of benzene rings is 1. The van der Waals surface area contributed by atoms with Gasteiger partial charge in [0.25, 0.3) is 5.91 Å². The third-order valence-corrected chi connectivity index (χ3v) is 3.87. The Morgan fingerprint density at radius 3 is 2.12 bits per heavy atom. The Bertz CT molecular complexity index is 562. The lowest BCUT2D eigenvalue weighted by molar-refractivity contribution is 0.0949. The Hall–Kier alpha value is -1.88. The number of Topliss-reactive ketones (excluding diaryl/α,β-unsaturated/α-hetero) is 1. The van der Waals surface area contributed by atoms with Crippen molar-refractivity contribution in [2.75, 3.05) is 38.0 Å². The fourth-order valence-electron chi connectivity index (χ4n) is 2.57. The van der Waals surface area contributed by atoms with Crippen LogP contribution in [0.15, 0.2) is 12.1 Å². The summed E-state index contributed by atoms with van der Waals surface area (Å²) in [4.78, 5) is 26.7. The van der Waals surface area contributed by atoms with Gasteiger partial charge in [-0.1, -0.05) is 27.7 Å². The molecule has 0 saturated carbocycles. The van der Waals surface area contributed by atoms with Crippen LogP contribution in [-0.2, 0) is 0 Å². The number of rotatable bonds is 9. The normalized spacial score (nSPS) is 10.1. The van der Waals surface area contributed by atoms with Crippen molar-refractivity contribution in [1.82, 2.24) is 10.2 Å². The summed E-state index contributed by atoms with van der Waals surface area (Å²) in [5, 5.41) is 6.12. The first-order chi connectivity index (χ1) is 11.9. The van der Waals surface area contributed by atoms with Crippen LogP contribution in [0.5, 0.6) is 0 Å². The van der Waals surface area contributed by atoms with Crippen LogP contribution in [0.4, 0.5) is 5.69 Å². The Morgan fingerprint density at radius 1 is 1.08 bits per heavy atom. The molecule has 0 atom stereocenters. The largest absolute Gasteiger partial charge is 0.384 e. The van der Waals surface area contributed by atoms with Gasteiger partial charge in [-0.3, -0.25) is 9.59 Å². The number of ketones is 1. The molecule has 0 fully saturated rings. The molecule has 25 heavy (non-hydrogen) atoms. The van der Waals surface area contributed by atoms with E-state index < -0.39 is 0 Å². The van der Waals surface area contributed by atoms with E-state index in [1.54, 1.807) is 0 Å². The van der Waals surface area contributed by atoms with Crippen molar-refractivity contribution in [3.05, 3.63) is 28.8 Å². The third kappa shape index (κ3) is 7.26. The maximum atomic E-state index is 12.5. The minimum absolute atomic E-state index is 0. The van der Waals surface area contributed by atoms with Crippen LogP contribution in [0.3, 0.4) is 0 Å². The Labute approximate surface area is 156 Å². The van der Waals surface area contributed by atoms with Crippen LogP contribution in [0, 0.1) is 6.92 Å². The Morgan fingerprint density at radius 2 is 1.64 bits per heavy atom. The predicted molar refractivity (Wildman–Crippen MR) is 111 cm³/mol. The van der Waals surface area contributed by atoms with Gasteiger partial charge in [0.1, 0.15) is 0 Å². The average molecular weight is 354 g/mol. The van der Waals surface area contributed by atoms with E-state index in [-0.39, 0.29) is 14.5 Å². The highest BCUT2D eigenvalue weighted by Gasteiger charge is 2.18. The van der Waals surface area contributed by atoms with Gasteiger partial charge in [0.2, 0.25) is 0 Å². The number of hydrogen-bond donors (Lipinski definition) is 2. The molecule has 0 radical (unpaired) electrons. The molecule has 0 unspecified atom stereocenters. The summed E-state index contributed by atoms with van der Waals surface area (Å²) in [6.45, 7) is 17.6. The van der Waals surface area contributed by atoms with Crippen molar-refractivity contribution in [2.24, 2.45) is 0 Å². The predicted octanol–water partition coefficient (Wildman–Crippen LogP) is 4.22. The zero-order chi connectivity index (χ0) is 19.4. The lowest BCUT2D eigenvalue weighted by Gasteiger charge is -2.19. The number of anilines is 1. The van der Waals surface area contributed by atoms with Crippen LogP contribution in [0.2, 0.25) is 0 Å². The molecule has 1 amide bonds. The van der Waals surface area contributed by atoms with Gasteiger partial charge in [0.05, 0.1) is 11.3 Å². The fraction of sp³-hybridized carbons (Fsp3) is 0.600. The Kier molecular flexibility index (Phi) is 11.5. The molecule has 5 heteroatoms. The minimum atomic E-state index is -0.140. The Balaban J connectivity index is -0.00000139. The van der Waals surface area contributed by atoms with Crippen LogP contribution >= 0.6 is 0 Å². The van der Waals surface area contributed by atoms with E-state index in [1.165, 1.54) is 6.92 Å². The van der Waals surface area contributed by atoms with Crippen LogP contribution in [-0.4, -0.2) is 49.3 Å². The summed E-state index contributed by atoms with van der Waals surface area (Å²) >= 11 is 0. The minimum Gasteiger partial charge on any atom is -0.384 e. The van der Waals surface area contributed by atoms with Gasteiger partial charge in [-0.2, -0.15) is 0 Å². The van der Waals surface area contributed by atoms with E-state index in [2.05, 4.69) is 29.4 Å². The summed E-state index contributed by atoms with van der Waals surface area (Å²) in [5.41, 5.74) is 2.65. The molecular weight excluding hydrogens is 314 g/mol. The van der Waals surface area contributed by atoms with Crippen molar-refractivity contribution in [2.45, 2.75) is 48.5 Å². The molecule has 0 aromatic heterocycles. The standard InChI is InChI=1S/C18H29N3O2.C2H6.2H2/c1-6-19-17-15(14(5)22)11-13(4)12-16(17)18(23)20-9-10-21(7-2)8-3;1-2;;/h11-12,19H,6-10H2,1-5H3,(H,20,23);1-2H3;2*1H. The van der Waals surface area contributed by atoms with Gasteiger partial charge in [-0.05, 0) is 51.6 Å². The van der Waals surface area contributed by atoms with Gasteiger partial charge in [-0.15, -0.1) is 0 Å². The molecular formula is C20H39N3O2. The number of nitrogens with zero attached hydrogens (tertiary/aromatic N) is 1. The van der Waals surface area contributed by atoms with Crippen molar-refractivity contribution >= 4 is 17.4 Å². The molecule has 0 aliphatic rings. The van der Waals surface area contributed by atoms with Crippen molar-refractivity contribution in [3.63, 3.8) is 0 Å². The number of amides is 1. The molecule has 2 N–H and O–H groups in total. The first-order valence-electron chi connectivity index (χ1n) is 9.34. The van der Waals surface area contributed by atoms with Crippen LogP contribution in [0.1, 0.15) is 70.7 Å². The van der Waals surface area contributed by atoms with E-state index >= 15 is 0 Å². The number of aryl methyl sites for hydroxylation is 1. The first-order valence-corrected chi connectivity index (χ1v) is 9.34. The van der Waals surface area contributed by atoms with Crippen LogP contribution in [0.25, 0.3) is 0 Å². The van der Waals surface area contributed by atoms with Gasteiger partial charge < -0.3 is 15.5 Å². The molecule has 0 heterocycles. The highest BCUT2D eigenvalue weighted by molar-refractivity contribution is 6.08. The maximum Gasteiger partial charge on any atom is 0.253 e. The highest BCUT2D eigenvalue weighted by atomic mass is 16.1. The number of likely N-dealkylation sites (N-methyl/N-ethyl adjacent to an activating group) is 1. The third-order valence-electron chi connectivity index (χ3n) is 3.87. The van der Waals surface area contributed by atoms with E-state index in [9.17, 15) is 9.59 Å². The molecule has 0 spiro atoms. The number of nitrogens with one attached hydrogen (secondary N) is 2. The number of carbonyl (C=O) groups is 2. The van der Waals surface area contributed by atoms with Crippen LogP contribution < -0.4 is 10.6 Å². The summed E-state index contributed by atoms with van der Waals surface area (Å²) < 4.78 is 0. The van der Waals surface area contributed by atoms with Gasteiger partial charge in [0.15, 0.2) is 5.78 Å². The van der Waals surface area contributed by atoms with E-state index in [0.717, 1.165) is 25.2 Å². The molecule has 0 aliphatic carbocycles. The molecule has 0 saturated heterocycles. The number of carbonyl (C=O) groups excluding carboxylic acids is 2. The zero-order valence-electron chi connectivity index (χ0n) is 17.0. The first kappa shape index (κ1) is 23.1. The van der Waals surface area contributed by atoms with Crippen molar-refractivity contribution in [3.8, 4) is 0 Å². The second-order valence-corrected chi connectivity index (χ2v) is 5.60.